The lowest BCUT2D eigenvalue weighted by atomic mass is 10.3. The third-order valence-electron chi connectivity index (χ3n) is 1.07. The molecule has 0 aliphatic carbocycles. The maximum atomic E-state index is 3.16. The lowest BCUT2D eigenvalue weighted by Crippen LogP contribution is -2.31. The highest BCUT2D eigenvalue weighted by Gasteiger charge is 1.97. The van der Waals surface area contributed by atoms with Crippen LogP contribution in [0.5, 0.6) is 0 Å². The molecule has 2 heteroatoms. The van der Waals surface area contributed by atoms with E-state index < -0.39 is 0 Å². The van der Waals surface area contributed by atoms with Gasteiger partial charge in [-0.25, -0.2) is 0 Å². The van der Waals surface area contributed by atoms with Crippen LogP contribution in [-0.2, 0) is 0 Å². The molecule has 1 rings (SSSR count). The highest BCUT2D eigenvalue weighted by molar-refractivity contribution is 5.02. The minimum absolute atomic E-state index is 0.491. The van der Waals surface area contributed by atoms with Crippen LogP contribution in [0, 0.1) is 12.0 Å². The van der Waals surface area contributed by atoms with Crippen molar-refractivity contribution in [1.29, 1.82) is 0 Å². The average Bonchev–Trinajstić information content (AvgIpc) is 1.94. The monoisotopic (exact) mass is 110 g/mol. The molecule has 2 N–H and O–H groups in total. The Balaban J connectivity index is 2.35. The average molecular weight is 110 g/mol. The van der Waals surface area contributed by atoms with E-state index in [1.54, 1.807) is 0 Å². The largest absolute Gasteiger partial charge is 0.342 e. The molecule has 8 heavy (non-hydrogen) atoms. The maximum absolute atomic E-state index is 3.16. The first kappa shape index (κ1) is 5.46. The van der Waals surface area contributed by atoms with E-state index in [0.717, 1.165) is 13.1 Å². The molecule has 1 unspecified atom stereocenters. The van der Waals surface area contributed by atoms with Crippen molar-refractivity contribution in [3.8, 4) is 12.0 Å². The Morgan fingerprint density at radius 2 is 2.50 bits per heavy atom. The molecule has 0 amide bonds. The van der Waals surface area contributed by atoms with E-state index in [2.05, 4.69) is 29.5 Å². The Bertz CT molecular complexity index is 120. The molecule has 0 spiro atoms. The molecule has 1 heterocycles. The van der Waals surface area contributed by atoms with Gasteiger partial charge in [0, 0.05) is 18.6 Å². The molecule has 0 aromatic heterocycles. The van der Waals surface area contributed by atoms with Gasteiger partial charge < -0.3 is 10.6 Å². The van der Waals surface area contributed by atoms with Gasteiger partial charge >= 0.3 is 0 Å². The van der Waals surface area contributed by atoms with Gasteiger partial charge in [0.05, 0.1) is 6.54 Å². The smallest absolute Gasteiger partial charge is 0.0595 e. The Hall–Kier alpha value is -0.680. The van der Waals surface area contributed by atoms with Crippen LogP contribution in [0.3, 0.4) is 0 Å². The summed E-state index contributed by atoms with van der Waals surface area (Å²) in [5, 5.41) is 6.18. The fourth-order valence-corrected chi connectivity index (χ4v) is 0.621. The normalized spacial score (nSPS) is 26.9. The second kappa shape index (κ2) is 2.58. The van der Waals surface area contributed by atoms with E-state index >= 15 is 0 Å². The third kappa shape index (κ3) is 1.43. The molecular formula is C6H10N2. The van der Waals surface area contributed by atoms with E-state index in [4.69, 9.17) is 0 Å². The van der Waals surface area contributed by atoms with Crippen LogP contribution >= 0.6 is 0 Å². The fraction of sp³-hybridized carbons (Fsp3) is 0.667. The van der Waals surface area contributed by atoms with E-state index in [1.165, 1.54) is 0 Å². The second-order valence-electron chi connectivity index (χ2n) is 1.98. The van der Waals surface area contributed by atoms with Crippen molar-refractivity contribution in [2.45, 2.75) is 13.0 Å². The molecule has 2 nitrogen and oxygen atoms in total. The molecule has 1 aliphatic heterocycles. The summed E-state index contributed by atoms with van der Waals surface area (Å²) in [5.74, 6) is 2.91. The SMILES string of the molecule is CC1CNCC#CN1. The van der Waals surface area contributed by atoms with E-state index in [0.29, 0.717) is 6.04 Å². The van der Waals surface area contributed by atoms with Crippen LogP contribution in [0.1, 0.15) is 6.92 Å². The summed E-state index contributed by atoms with van der Waals surface area (Å²) in [7, 11) is 0. The highest BCUT2D eigenvalue weighted by atomic mass is 15.0. The van der Waals surface area contributed by atoms with Crippen LogP contribution < -0.4 is 10.6 Å². The van der Waals surface area contributed by atoms with Gasteiger partial charge in [-0.1, -0.05) is 5.92 Å². The van der Waals surface area contributed by atoms with Gasteiger partial charge in [0.25, 0.3) is 0 Å². The molecule has 0 radical (unpaired) electrons. The topological polar surface area (TPSA) is 24.1 Å². The van der Waals surface area contributed by atoms with Crippen LogP contribution in [-0.4, -0.2) is 19.1 Å². The standard InChI is InChI=1S/C6H10N2/c1-6-5-7-3-2-4-8-6/h6-8H,3,5H2,1H3. The zero-order valence-corrected chi connectivity index (χ0v) is 4.99. The van der Waals surface area contributed by atoms with Crippen molar-refractivity contribution < 1.29 is 0 Å². The van der Waals surface area contributed by atoms with E-state index in [1.807, 2.05) is 0 Å². The van der Waals surface area contributed by atoms with Crippen LogP contribution in [0.4, 0.5) is 0 Å². The predicted molar refractivity (Wildman–Crippen MR) is 33.2 cm³/mol. The first-order valence-electron chi connectivity index (χ1n) is 2.83. The molecule has 1 aliphatic rings. The molecule has 0 bridgehead atoms. The molecule has 44 valence electrons. The van der Waals surface area contributed by atoms with Gasteiger partial charge in [-0.3, -0.25) is 0 Å². The highest BCUT2D eigenvalue weighted by Crippen LogP contribution is 1.77. The Kier molecular flexibility index (Phi) is 1.76. The molecule has 0 aromatic rings. The summed E-state index contributed by atoms with van der Waals surface area (Å²) in [5.41, 5.74) is 0. The molecule has 1 atom stereocenters. The van der Waals surface area contributed by atoms with Gasteiger partial charge in [0.2, 0.25) is 0 Å². The second-order valence-corrected chi connectivity index (χ2v) is 1.98. The first-order chi connectivity index (χ1) is 3.89. The van der Waals surface area contributed by atoms with Gasteiger partial charge in [0.1, 0.15) is 0 Å². The minimum atomic E-state index is 0.491. The van der Waals surface area contributed by atoms with Crippen molar-refractivity contribution in [3.63, 3.8) is 0 Å². The summed E-state index contributed by atoms with van der Waals surface area (Å²) in [4.78, 5) is 0. The molecule has 0 fully saturated rings. The lowest BCUT2D eigenvalue weighted by Gasteiger charge is -2.05. The third-order valence-corrected chi connectivity index (χ3v) is 1.07. The number of hydrogen-bond donors (Lipinski definition) is 2. The van der Waals surface area contributed by atoms with Crippen molar-refractivity contribution in [3.05, 3.63) is 0 Å². The van der Waals surface area contributed by atoms with E-state index in [-0.39, 0.29) is 0 Å². The molecule has 0 saturated carbocycles. The summed E-state index contributed by atoms with van der Waals surface area (Å²) in [6.07, 6.45) is 0. The van der Waals surface area contributed by atoms with E-state index in [9.17, 15) is 0 Å². The van der Waals surface area contributed by atoms with Crippen LogP contribution in [0.2, 0.25) is 0 Å². The van der Waals surface area contributed by atoms with Crippen molar-refractivity contribution in [2.75, 3.05) is 13.1 Å². The van der Waals surface area contributed by atoms with Crippen LogP contribution in [0.25, 0.3) is 0 Å². The van der Waals surface area contributed by atoms with Crippen molar-refractivity contribution >= 4 is 0 Å². The predicted octanol–water partition coefficient (Wildman–Crippen LogP) is -0.471. The molecular weight excluding hydrogens is 100 g/mol. The summed E-state index contributed by atoms with van der Waals surface area (Å²) in [6, 6.07) is 3.33. The van der Waals surface area contributed by atoms with Crippen molar-refractivity contribution in [2.24, 2.45) is 0 Å². The summed E-state index contributed by atoms with van der Waals surface area (Å²) in [6.45, 7) is 3.92. The zero-order valence-electron chi connectivity index (χ0n) is 4.99. The van der Waals surface area contributed by atoms with Gasteiger partial charge in [-0.2, -0.15) is 0 Å². The number of rotatable bonds is 0. The van der Waals surface area contributed by atoms with Gasteiger partial charge in [0.15, 0.2) is 0 Å². The summed E-state index contributed by atoms with van der Waals surface area (Å²) < 4.78 is 0. The lowest BCUT2D eigenvalue weighted by molar-refractivity contribution is 0.601. The molecule has 0 saturated heterocycles. The van der Waals surface area contributed by atoms with Gasteiger partial charge in [-0.15, -0.1) is 0 Å². The number of hydrogen-bond acceptors (Lipinski definition) is 2. The Morgan fingerprint density at radius 1 is 1.62 bits per heavy atom. The molecule has 0 aromatic carbocycles. The first-order valence-corrected chi connectivity index (χ1v) is 2.83. The maximum Gasteiger partial charge on any atom is 0.0595 e. The zero-order chi connectivity index (χ0) is 5.82. The van der Waals surface area contributed by atoms with Crippen LogP contribution in [0.15, 0.2) is 0 Å². The number of nitrogens with one attached hydrogen (secondary N) is 2. The van der Waals surface area contributed by atoms with Crippen molar-refractivity contribution in [1.82, 2.24) is 10.6 Å². The summed E-state index contributed by atoms with van der Waals surface area (Å²) >= 11 is 0. The quantitative estimate of drug-likeness (QED) is 0.412. The minimum Gasteiger partial charge on any atom is -0.342 e. The fourth-order valence-electron chi connectivity index (χ4n) is 0.621. The van der Waals surface area contributed by atoms with Gasteiger partial charge in [-0.05, 0) is 6.92 Å². The Labute approximate surface area is 49.7 Å². The Morgan fingerprint density at radius 3 is 3.38 bits per heavy atom.